The molecule has 0 aliphatic carbocycles. The molecule has 0 fully saturated rings. The number of benzene rings is 2. The molecule has 2 heterocycles. The molecule has 26 heavy (non-hydrogen) atoms. The van der Waals surface area contributed by atoms with Gasteiger partial charge >= 0.3 is 0 Å². The van der Waals surface area contributed by atoms with Crippen molar-refractivity contribution in [3.05, 3.63) is 89.0 Å². The van der Waals surface area contributed by atoms with Crippen LogP contribution in [0.5, 0.6) is 0 Å². The third kappa shape index (κ3) is 3.62. The first-order valence-corrected chi connectivity index (χ1v) is 8.63. The van der Waals surface area contributed by atoms with Crippen LogP contribution in [-0.2, 0) is 6.42 Å². The molecule has 0 atom stereocenters. The lowest BCUT2D eigenvalue weighted by molar-refractivity contribution is 1.03. The van der Waals surface area contributed by atoms with E-state index in [9.17, 15) is 4.79 Å². The first-order chi connectivity index (χ1) is 12.8. The van der Waals surface area contributed by atoms with Crippen LogP contribution in [0.4, 0.5) is 17.1 Å². The highest BCUT2D eigenvalue weighted by atomic mass is 16.1. The molecule has 0 aliphatic rings. The van der Waals surface area contributed by atoms with Gasteiger partial charge in [-0.15, -0.1) is 0 Å². The highest BCUT2D eigenvalue weighted by Crippen LogP contribution is 2.20. The lowest BCUT2D eigenvalue weighted by Gasteiger charge is -2.09. The summed E-state index contributed by atoms with van der Waals surface area (Å²) >= 11 is 0. The van der Waals surface area contributed by atoms with Gasteiger partial charge in [-0.2, -0.15) is 0 Å². The van der Waals surface area contributed by atoms with Gasteiger partial charge in [-0.25, -0.2) is 0 Å². The van der Waals surface area contributed by atoms with E-state index < -0.39 is 0 Å². The lowest BCUT2D eigenvalue weighted by atomic mass is 10.1. The number of aromatic amines is 2. The fourth-order valence-corrected chi connectivity index (χ4v) is 3.04. The molecular formula is C21H20N4O. The maximum Gasteiger partial charge on any atom is 0.249 e. The number of pyridine rings is 1. The van der Waals surface area contributed by atoms with Gasteiger partial charge in [0.25, 0.3) is 0 Å². The molecule has 4 N–H and O–H groups in total. The van der Waals surface area contributed by atoms with E-state index in [1.54, 1.807) is 6.20 Å². The van der Waals surface area contributed by atoms with E-state index in [1.165, 1.54) is 22.5 Å². The van der Waals surface area contributed by atoms with Crippen molar-refractivity contribution in [3.63, 3.8) is 0 Å². The molecule has 0 aliphatic heterocycles. The summed E-state index contributed by atoms with van der Waals surface area (Å²) in [6, 6.07) is 19.8. The molecule has 0 saturated carbocycles. The molecule has 4 aromatic rings. The Labute approximate surface area is 151 Å². The minimum absolute atomic E-state index is 0.120. The van der Waals surface area contributed by atoms with Gasteiger partial charge in [0.1, 0.15) is 0 Å². The van der Waals surface area contributed by atoms with Crippen LogP contribution in [0.3, 0.4) is 0 Å². The average Bonchev–Trinajstić information content (AvgIpc) is 3.07. The smallest absolute Gasteiger partial charge is 0.249 e. The highest BCUT2D eigenvalue weighted by molar-refractivity contribution is 5.83. The van der Waals surface area contributed by atoms with Crippen molar-refractivity contribution < 1.29 is 0 Å². The molecule has 130 valence electrons. The maximum atomic E-state index is 11.3. The SMILES string of the molecule is O=c1cc(Nc2ccc(NCCc3c[nH]c4ccccc34)cc2)cc[nH]1. The van der Waals surface area contributed by atoms with Crippen LogP contribution in [0.25, 0.3) is 10.9 Å². The van der Waals surface area contributed by atoms with Gasteiger partial charge in [-0.3, -0.25) is 4.79 Å². The van der Waals surface area contributed by atoms with Crippen LogP contribution in [-0.4, -0.2) is 16.5 Å². The zero-order chi connectivity index (χ0) is 17.8. The largest absolute Gasteiger partial charge is 0.385 e. The Bertz CT molecular complexity index is 1060. The van der Waals surface area contributed by atoms with Gasteiger partial charge in [0.05, 0.1) is 0 Å². The number of hydrogen-bond acceptors (Lipinski definition) is 3. The predicted molar refractivity (Wildman–Crippen MR) is 107 cm³/mol. The molecule has 0 radical (unpaired) electrons. The molecule has 2 aromatic carbocycles. The number of hydrogen-bond donors (Lipinski definition) is 4. The van der Waals surface area contributed by atoms with Crippen molar-refractivity contribution in [2.45, 2.75) is 6.42 Å². The van der Waals surface area contributed by atoms with Crippen molar-refractivity contribution in [1.82, 2.24) is 9.97 Å². The summed E-state index contributed by atoms with van der Waals surface area (Å²) in [4.78, 5) is 17.2. The number of aromatic nitrogens is 2. The van der Waals surface area contributed by atoms with E-state index >= 15 is 0 Å². The number of nitrogens with one attached hydrogen (secondary N) is 4. The van der Waals surface area contributed by atoms with E-state index in [1.807, 2.05) is 36.4 Å². The van der Waals surface area contributed by atoms with Crippen molar-refractivity contribution in [1.29, 1.82) is 0 Å². The van der Waals surface area contributed by atoms with Gasteiger partial charge < -0.3 is 20.6 Å². The van der Waals surface area contributed by atoms with Crippen LogP contribution in [0.2, 0.25) is 0 Å². The van der Waals surface area contributed by atoms with Crippen LogP contribution in [0.15, 0.2) is 77.9 Å². The third-order valence-corrected chi connectivity index (χ3v) is 4.35. The quantitative estimate of drug-likeness (QED) is 0.422. The van der Waals surface area contributed by atoms with Gasteiger partial charge in [0.15, 0.2) is 0 Å². The number of H-pyrrole nitrogens is 2. The average molecular weight is 344 g/mol. The molecule has 2 aromatic heterocycles. The van der Waals surface area contributed by atoms with Crippen molar-refractivity contribution in [3.8, 4) is 0 Å². The number of rotatable bonds is 6. The van der Waals surface area contributed by atoms with Gasteiger partial charge in [-0.1, -0.05) is 18.2 Å². The monoisotopic (exact) mass is 344 g/mol. The summed E-state index contributed by atoms with van der Waals surface area (Å²) in [5.74, 6) is 0. The Kier molecular flexibility index (Phi) is 4.43. The van der Waals surface area contributed by atoms with Crippen LogP contribution in [0.1, 0.15) is 5.56 Å². The molecule has 0 amide bonds. The maximum absolute atomic E-state index is 11.3. The second-order valence-electron chi connectivity index (χ2n) is 6.18. The fourth-order valence-electron chi connectivity index (χ4n) is 3.04. The zero-order valence-corrected chi connectivity index (χ0v) is 14.3. The molecule has 0 spiro atoms. The Balaban J connectivity index is 1.35. The van der Waals surface area contributed by atoms with Gasteiger partial charge in [-0.05, 0) is 48.4 Å². The molecule has 0 saturated heterocycles. The Morgan fingerprint density at radius 3 is 2.50 bits per heavy atom. The van der Waals surface area contributed by atoms with Gasteiger partial charge in [0.2, 0.25) is 5.56 Å². The first kappa shape index (κ1) is 16.0. The lowest BCUT2D eigenvalue weighted by Crippen LogP contribution is -2.05. The molecule has 0 bridgehead atoms. The molecular weight excluding hydrogens is 324 g/mol. The van der Waals surface area contributed by atoms with Crippen LogP contribution < -0.4 is 16.2 Å². The van der Waals surface area contributed by atoms with Gasteiger partial charge in [0, 0.05) is 53.0 Å². The number of anilines is 3. The normalized spacial score (nSPS) is 10.8. The van der Waals surface area contributed by atoms with E-state index in [-0.39, 0.29) is 5.56 Å². The van der Waals surface area contributed by atoms with E-state index in [4.69, 9.17) is 0 Å². The summed E-state index contributed by atoms with van der Waals surface area (Å²) in [5, 5.41) is 7.95. The minimum Gasteiger partial charge on any atom is -0.385 e. The first-order valence-electron chi connectivity index (χ1n) is 8.63. The predicted octanol–water partition coefficient (Wildman–Crippen LogP) is 4.25. The Hall–Kier alpha value is -3.47. The zero-order valence-electron chi connectivity index (χ0n) is 14.3. The summed E-state index contributed by atoms with van der Waals surface area (Å²) in [6.45, 7) is 0.864. The molecule has 4 rings (SSSR count). The van der Waals surface area contributed by atoms with Crippen molar-refractivity contribution in [2.75, 3.05) is 17.2 Å². The fraction of sp³-hybridized carbons (Fsp3) is 0.0952. The van der Waals surface area contributed by atoms with Crippen LogP contribution in [0, 0.1) is 0 Å². The molecule has 5 nitrogen and oxygen atoms in total. The Morgan fingerprint density at radius 2 is 1.65 bits per heavy atom. The third-order valence-electron chi connectivity index (χ3n) is 4.35. The van der Waals surface area contributed by atoms with E-state index in [0.717, 1.165) is 30.0 Å². The number of para-hydroxylation sites is 1. The highest BCUT2D eigenvalue weighted by Gasteiger charge is 2.02. The van der Waals surface area contributed by atoms with Crippen molar-refractivity contribution >= 4 is 28.0 Å². The standard InChI is InChI=1S/C21H20N4O/c26-21-13-18(10-12-23-21)25-17-7-5-16(6-8-17)22-11-9-15-14-24-20-4-2-1-3-19(15)20/h1-8,10,12-14,22,24H,9,11H2,(H2,23,25,26). The summed E-state index contributed by atoms with van der Waals surface area (Å²) in [5.41, 5.74) is 5.16. The van der Waals surface area contributed by atoms with E-state index in [0.29, 0.717) is 0 Å². The second kappa shape index (κ2) is 7.19. The second-order valence-corrected chi connectivity index (χ2v) is 6.18. The summed E-state index contributed by atoms with van der Waals surface area (Å²) in [6.07, 6.45) is 4.67. The molecule has 0 unspecified atom stereocenters. The van der Waals surface area contributed by atoms with Crippen LogP contribution >= 0.6 is 0 Å². The Morgan fingerprint density at radius 1 is 0.846 bits per heavy atom. The topological polar surface area (TPSA) is 72.7 Å². The summed E-state index contributed by atoms with van der Waals surface area (Å²) in [7, 11) is 0. The number of fused-ring (bicyclic) bond motifs is 1. The minimum atomic E-state index is -0.120. The molecule has 5 heteroatoms. The van der Waals surface area contributed by atoms with Crippen molar-refractivity contribution in [2.24, 2.45) is 0 Å². The summed E-state index contributed by atoms with van der Waals surface area (Å²) < 4.78 is 0. The van der Waals surface area contributed by atoms with E-state index in [2.05, 4.69) is 45.0 Å².